The molecule has 4 heteroatoms. The quantitative estimate of drug-likeness (QED) is 0.872. The molecule has 2 N–H and O–H groups in total. The van der Waals surface area contributed by atoms with Crippen LogP contribution >= 0.6 is 15.9 Å². The molecule has 1 unspecified atom stereocenters. The molecule has 1 fully saturated rings. The fourth-order valence-electron chi connectivity index (χ4n) is 2.98. The Hall–Kier alpha value is -0.870. The number of benzene rings is 1. The van der Waals surface area contributed by atoms with E-state index in [0.717, 1.165) is 29.4 Å². The summed E-state index contributed by atoms with van der Waals surface area (Å²) < 4.78 is 1.04. The highest BCUT2D eigenvalue weighted by molar-refractivity contribution is 9.10. The van der Waals surface area contributed by atoms with Crippen molar-refractivity contribution >= 4 is 21.8 Å². The number of halogens is 1. The summed E-state index contributed by atoms with van der Waals surface area (Å²) in [5.41, 5.74) is 0.721. The van der Waals surface area contributed by atoms with Crippen LogP contribution in [-0.4, -0.2) is 18.5 Å². The molecule has 1 amide bonds. The number of carbonyl (C=O) groups excluding carboxylic acids is 1. The van der Waals surface area contributed by atoms with Gasteiger partial charge in [0.15, 0.2) is 0 Å². The highest BCUT2D eigenvalue weighted by atomic mass is 79.9. The molecule has 3 nitrogen and oxygen atoms in total. The van der Waals surface area contributed by atoms with Gasteiger partial charge in [-0.05, 0) is 56.3 Å². The van der Waals surface area contributed by atoms with Crippen LogP contribution in [0.4, 0.5) is 0 Å². The zero-order valence-corrected chi connectivity index (χ0v) is 14.9. The molecule has 1 aromatic carbocycles. The van der Waals surface area contributed by atoms with Gasteiger partial charge < -0.3 is 10.6 Å². The van der Waals surface area contributed by atoms with Gasteiger partial charge in [0, 0.05) is 4.47 Å². The standard InChI is InChI=1S/C17H25BrN2O/c1-16(2)10-5-11-19-14(16)15(21)20-17(3,4)12-6-8-13(18)9-7-12/h6-9,14,19H,5,10-11H2,1-4H3,(H,20,21). The van der Waals surface area contributed by atoms with E-state index in [0.29, 0.717) is 0 Å². The van der Waals surface area contributed by atoms with Crippen LogP contribution in [0.15, 0.2) is 28.7 Å². The third kappa shape index (κ3) is 3.86. The number of carbonyl (C=O) groups is 1. The van der Waals surface area contributed by atoms with Crippen molar-refractivity contribution in [2.24, 2.45) is 5.41 Å². The largest absolute Gasteiger partial charge is 0.346 e. The van der Waals surface area contributed by atoms with Gasteiger partial charge in [-0.15, -0.1) is 0 Å². The minimum absolute atomic E-state index is 0.00186. The third-order valence-corrected chi connectivity index (χ3v) is 4.92. The van der Waals surface area contributed by atoms with E-state index in [1.54, 1.807) is 0 Å². The average molecular weight is 353 g/mol. The van der Waals surface area contributed by atoms with Crippen LogP contribution in [0.5, 0.6) is 0 Å². The summed E-state index contributed by atoms with van der Waals surface area (Å²) in [6, 6.07) is 7.98. The average Bonchev–Trinajstić information content (AvgIpc) is 2.37. The number of piperidine rings is 1. The van der Waals surface area contributed by atoms with Crippen LogP contribution < -0.4 is 10.6 Å². The third-order valence-electron chi connectivity index (χ3n) is 4.39. The van der Waals surface area contributed by atoms with E-state index in [4.69, 9.17) is 0 Å². The molecule has 2 rings (SSSR count). The Kier molecular flexibility index (Phi) is 4.79. The van der Waals surface area contributed by atoms with Crippen LogP contribution in [0.25, 0.3) is 0 Å². The summed E-state index contributed by atoms with van der Waals surface area (Å²) >= 11 is 3.44. The van der Waals surface area contributed by atoms with E-state index in [9.17, 15) is 4.79 Å². The monoisotopic (exact) mass is 352 g/mol. The molecular weight excluding hydrogens is 328 g/mol. The molecular formula is C17H25BrN2O. The summed E-state index contributed by atoms with van der Waals surface area (Å²) in [5.74, 6) is 0.0904. The molecule has 21 heavy (non-hydrogen) atoms. The molecule has 1 aromatic rings. The Morgan fingerprint density at radius 1 is 1.33 bits per heavy atom. The normalized spacial score (nSPS) is 21.9. The van der Waals surface area contributed by atoms with Crippen molar-refractivity contribution < 1.29 is 4.79 Å². The number of rotatable bonds is 3. The van der Waals surface area contributed by atoms with Crippen molar-refractivity contribution in [3.63, 3.8) is 0 Å². The van der Waals surface area contributed by atoms with E-state index in [1.165, 1.54) is 0 Å². The van der Waals surface area contributed by atoms with E-state index >= 15 is 0 Å². The Labute approximate surface area is 136 Å². The van der Waals surface area contributed by atoms with Gasteiger partial charge in [-0.3, -0.25) is 4.79 Å². The molecule has 0 saturated carbocycles. The first kappa shape index (κ1) is 16.5. The molecule has 1 atom stereocenters. The molecule has 0 aromatic heterocycles. The predicted octanol–water partition coefficient (Wildman–Crippen LogP) is 3.58. The first-order valence-corrected chi connectivity index (χ1v) is 8.33. The van der Waals surface area contributed by atoms with Gasteiger partial charge in [0.2, 0.25) is 5.91 Å². The van der Waals surface area contributed by atoms with Crippen molar-refractivity contribution in [1.29, 1.82) is 0 Å². The molecule has 1 aliphatic heterocycles. The summed E-state index contributed by atoms with van der Waals surface area (Å²) in [4.78, 5) is 12.7. The van der Waals surface area contributed by atoms with Crippen molar-refractivity contribution in [2.45, 2.75) is 52.1 Å². The Morgan fingerprint density at radius 2 is 1.95 bits per heavy atom. The maximum absolute atomic E-state index is 12.7. The minimum atomic E-state index is -0.382. The number of amides is 1. The maximum atomic E-state index is 12.7. The van der Waals surface area contributed by atoms with Gasteiger partial charge in [0.25, 0.3) is 0 Å². The van der Waals surface area contributed by atoms with Crippen LogP contribution in [0, 0.1) is 5.41 Å². The molecule has 0 aliphatic carbocycles. The first-order chi connectivity index (χ1) is 9.72. The smallest absolute Gasteiger partial charge is 0.238 e. The zero-order valence-electron chi connectivity index (χ0n) is 13.3. The molecule has 0 spiro atoms. The van der Waals surface area contributed by atoms with Gasteiger partial charge in [-0.2, -0.15) is 0 Å². The summed E-state index contributed by atoms with van der Waals surface area (Å²) in [5, 5.41) is 6.57. The number of hydrogen-bond donors (Lipinski definition) is 2. The molecule has 1 saturated heterocycles. The lowest BCUT2D eigenvalue weighted by molar-refractivity contribution is -0.128. The lowest BCUT2D eigenvalue weighted by atomic mass is 9.77. The summed E-state index contributed by atoms with van der Waals surface area (Å²) in [6.07, 6.45) is 2.21. The van der Waals surface area contributed by atoms with Crippen LogP contribution in [0.1, 0.15) is 46.1 Å². The van der Waals surface area contributed by atoms with Crippen molar-refractivity contribution in [2.75, 3.05) is 6.54 Å². The van der Waals surface area contributed by atoms with Gasteiger partial charge in [-0.25, -0.2) is 0 Å². The van der Waals surface area contributed by atoms with Crippen LogP contribution in [-0.2, 0) is 10.3 Å². The SMILES string of the molecule is CC(C)(NC(=O)C1NCCCC1(C)C)c1ccc(Br)cc1. The number of hydrogen-bond acceptors (Lipinski definition) is 2. The molecule has 1 aliphatic rings. The second-order valence-electron chi connectivity index (χ2n) is 7.10. The van der Waals surface area contributed by atoms with Crippen LogP contribution in [0.3, 0.4) is 0 Å². The van der Waals surface area contributed by atoms with Gasteiger partial charge in [0.1, 0.15) is 0 Å². The van der Waals surface area contributed by atoms with E-state index < -0.39 is 0 Å². The van der Waals surface area contributed by atoms with Gasteiger partial charge in [-0.1, -0.05) is 41.9 Å². The van der Waals surface area contributed by atoms with Gasteiger partial charge >= 0.3 is 0 Å². The molecule has 116 valence electrons. The first-order valence-electron chi connectivity index (χ1n) is 7.54. The topological polar surface area (TPSA) is 41.1 Å². The predicted molar refractivity (Wildman–Crippen MR) is 90.1 cm³/mol. The Morgan fingerprint density at radius 3 is 2.52 bits per heavy atom. The summed E-state index contributed by atoms with van der Waals surface area (Å²) in [7, 11) is 0. The highest BCUT2D eigenvalue weighted by Crippen LogP contribution is 2.31. The van der Waals surface area contributed by atoms with Gasteiger partial charge in [0.05, 0.1) is 11.6 Å². The summed E-state index contributed by atoms with van der Waals surface area (Å²) in [6.45, 7) is 9.33. The molecule has 0 bridgehead atoms. The van der Waals surface area contributed by atoms with E-state index in [-0.39, 0.29) is 22.9 Å². The van der Waals surface area contributed by atoms with E-state index in [1.807, 2.05) is 38.1 Å². The van der Waals surface area contributed by atoms with Crippen molar-refractivity contribution in [1.82, 2.24) is 10.6 Å². The Bertz CT molecular complexity index is 508. The van der Waals surface area contributed by atoms with Crippen molar-refractivity contribution in [3.05, 3.63) is 34.3 Å². The molecule has 1 heterocycles. The second kappa shape index (κ2) is 6.09. The fourth-order valence-corrected chi connectivity index (χ4v) is 3.24. The zero-order chi connectivity index (χ0) is 15.7. The van der Waals surface area contributed by atoms with Crippen molar-refractivity contribution in [3.8, 4) is 0 Å². The highest BCUT2D eigenvalue weighted by Gasteiger charge is 2.38. The molecule has 0 radical (unpaired) electrons. The lowest BCUT2D eigenvalue weighted by Crippen LogP contribution is -2.58. The van der Waals surface area contributed by atoms with E-state index in [2.05, 4.69) is 40.4 Å². The Balaban J connectivity index is 2.12. The maximum Gasteiger partial charge on any atom is 0.238 e. The lowest BCUT2D eigenvalue weighted by Gasteiger charge is -2.40. The number of nitrogens with one attached hydrogen (secondary N) is 2. The fraction of sp³-hybridized carbons (Fsp3) is 0.588. The minimum Gasteiger partial charge on any atom is -0.346 e. The second-order valence-corrected chi connectivity index (χ2v) is 8.02. The van der Waals surface area contributed by atoms with Crippen LogP contribution in [0.2, 0.25) is 0 Å².